The van der Waals surface area contributed by atoms with Gasteiger partial charge in [-0.15, -0.1) is 0 Å². The first-order chi connectivity index (χ1) is 14.1. The van der Waals surface area contributed by atoms with Crippen molar-refractivity contribution in [1.82, 2.24) is 15.1 Å². The van der Waals surface area contributed by atoms with Gasteiger partial charge in [0.2, 0.25) is 11.8 Å². The number of hydrogen-bond acceptors (Lipinski definition) is 4. The lowest BCUT2D eigenvalue weighted by molar-refractivity contribution is -0.139. The van der Waals surface area contributed by atoms with Crippen LogP contribution < -0.4 is 10.1 Å². The lowest BCUT2D eigenvalue weighted by Gasteiger charge is -2.29. The van der Waals surface area contributed by atoms with Gasteiger partial charge >= 0.3 is 6.03 Å². The van der Waals surface area contributed by atoms with Crippen molar-refractivity contribution in [2.24, 2.45) is 0 Å². The summed E-state index contributed by atoms with van der Waals surface area (Å²) in [7, 11) is 1.61. The second-order valence-electron chi connectivity index (χ2n) is 7.48. The molecule has 4 amide bonds. The molecule has 1 aromatic carbocycles. The highest BCUT2D eigenvalue weighted by Gasteiger charge is 2.29. The molecule has 7 heteroatoms. The van der Waals surface area contributed by atoms with Gasteiger partial charge in [0.15, 0.2) is 0 Å². The van der Waals surface area contributed by atoms with E-state index < -0.39 is 6.03 Å². The maximum atomic E-state index is 13.0. The topological polar surface area (TPSA) is 79.0 Å². The van der Waals surface area contributed by atoms with Crippen LogP contribution in [0, 0.1) is 0 Å². The number of nitrogens with one attached hydrogen (secondary N) is 1. The van der Waals surface area contributed by atoms with E-state index in [4.69, 9.17) is 4.74 Å². The predicted molar refractivity (Wildman–Crippen MR) is 109 cm³/mol. The van der Waals surface area contributed by atoms with Gasteiger partial charge in [-0.3, -0.25) is 14.5 Å². The van der Waals surface area contributed by atoms with E-state index in [1.807, 2.05) is 24.3 Å². The van der Waals surface area contributed by atoms with E-state index in [1.54, 1.807) is 12.0 Å². The van der Waals surface area contributed by atoms with E-state index in [2.05, 4.69) is 11.4 Å². The summed E-state index contributed by atoms with van der Waals surface area (Å²) in [6.07, 6.45) is 7.93. The molecular weight excluding hydrogens is 370 g/mol. The monoisotopic (exact) mass is 399 g/mol. The van der Waals surface area contributed by atoms with Gasteiger partial charge in [0, 0.05) is 26.1 Å². The number of carbonyl (C=O) groups excluding carboxylic acids is 3. The molecule has 1 aliphatic heterocycles. The summed E-state index contributed by atoms with van der Waals surface area (Å²) in [5, 5.41) is 2.63. The highest BCUT2D eigenvalue weighted by Crippen LogP contribution is 2.21. The average molecular weight is 399 g/mol. The van der Waals surface area contributed by atoms with E-state index in [1.165, 1.54) is 18.4 Å². The van der Waals surface area contributed by atoms with Crippen LogP contribution in [-0.2, 0) is 16.1 Å². The SMILES string of the molecule is COc1ccc(CN(CCC2=CCCCC2)C(=O)CN2C(=O)CCNC2=O)cc1. The van der Waals surface area contributed by atoms with Crippen LogP contribution in [0.5, 0.6) is 5.75 Å². The van der Waals surface area contributed by atoms with Crippen molar-refractivity contribution < 1.29 is 19.1 Å². The third-order valence-corrected chi connectivity index (χ3v) is 5.43. The standard InChI is InChI=1S/C22H29N3O4/c1-29-19-9-7-18(8-10-19)15-24(14-12-17-5-3-2-4-6-17)21(27)16-25-20(26)11-13-23-22(25)28/h5,7-10H,2-4,6,11-16H2,1H3,(H,23,28). The molecule has 1 fully saturated rings. The van der Waals surface area contributed by atoms with Crippen molar-refractivity contribution >= 4 is 17.8 Å². The number of allylic oxidation sites excluding steroid dienone is 1. The summed E-state index contributed by atoms with van der Waals surface area (Å²) in [5.74, 6) is 0.235. The predicted octanol–water partition coefficient (Wildman–Crippen LogP) is 2.86. The summed E-state index contributed by atoms with van der Waals surface area (Å²) >= 11 is 0. The molecule has 1 N–H and O–H groups in total. The largest absolute Gasteiger partial charge is 0.497 e. The summed E-state index contributed by atoms with van der Waals surface area (Å²) in [6, 6.07) is 7.09. The lowest BCUT2D eigenvalue weighted by atomic mass is 9.97. The molecule has 2 aliphatic rings. The van der Waals surface area contributed by atoms with Gasteiger partial charge < -0.3 is 15.0 Å². The number of amides is 4. The number of benzene rings is 1. The van der Waals surface area contributed by atoms with Gasteiger partial charge in [0.25, 0.3) is 0 Å². The molecule has 0 spiro atoms. The number of imide groups is 1. The van der Waals surface area contributed by atoms with Crippen LogP contribution in [0.2, 0.25) is 0 Å². The Kier molecular flexibility index (Phi) is 7.27. The van der Waals surface area contributed by atoms with Crippen LogP contribution in [0.4, 0.5) is 4.79 Å². The van der Waals surface area contributed by atoms with E-state index in [9.17, 15) is 14.4 Å². The number of rotatable bonds is 8. The Morgan fingerprint density at radius 2 is 1.97 bits per heavy atom. The molecular formula is C22H29N3O4. The molecule has 1 heterocycles. The fourth-order valence-electron chi connectivity index (χ4n) is 3.67. The normalized spacial score (nSPS) is 16.9. The average Bonchev–Trinajstić information content (AvgIpc) is 2.75. The minimum atomic E-state index is -0.492. The van der Waals surface area contributed by atoms with Crippen molar-refractivity contribution in [1.29, 1.82) is 0 Å². The molecule has 156 valence electrons. The third-order valence-electron chi connectivity index (χ3n) is 5.43. The van der Waals surface area contributed by atoms with Crippen LogP contribution in [0.3, 0.4) is 0 Å². The quantitative estimate of drug-likeness (QED) is 0.682. The van der Waals surface area contributed by atoms with Crippen LogP contribution >= 0.6 is 0 Å². The van der Waals surface area contributed by atoms with Crippen LogP contribution in [0.1, 0.15) is 44.1 Å². The summed E-state index contributed by atoms with van der Waals surface area (Å²) in [4.78, 5) is 39.8. The van der Waals surface area contributed by atoms with Gasteiger partial charge in [-0.1, -0.05) is 23.8 Å². The smallest absolute Gasteiger partial charge is 0.324 e. The zero-order valence-corrected chi connectivity index (χ0v) is 17.0. The van der Waals surface area contributed by atoms with Crippen LogP contribution in [0.15, 0.2) is 35.9 Å². The van der Waals surface area contributed by atoms with Crippen molar-refractivity contribution in [3.05, 3.63) is 41.5 Å². The summed E-state index contributed by atoms with van der Waals surface area (Å²) in [6.45, 7) is 1.10. The Bertz CT molecular complexity index is 757. The maximum Gasteiger partial charge on any atom is 0.324 e. The molecule has 1 aliphatic carbocycles. The minimum Gasteiger partial charge on any atom is -0.497 e. The fraction of sp³-hybridized carbons (Fsp3) is 0.500. The Labute approximate surface area is 171 Å². The number of methoxy groups -OCH3 is 1. The number of ether oxygens (including phenoxy) is 1. The molecule has 0 saturated carbocycles. The molecule has 0 aromatic heterocycles. The van der Waals surface area contributed by atoms with Gasteiger partial charge in [-0.05, 0) is 49.8 Å². The molecule has 1 aromatic rings. The first-order valence-electron chi connectivity index (χ1n) is 10.2. The number of carbonyl (C=O) groups is 3. The van der Waals surface area contributed by atoms with E-state index in [-0.39, 0.29) is 24.8 Å². The summed E-state index contributed by atoms with van der Waals surface area (Å²) in [5.41, 5.74) is 2.36. The summed E-state index contributed by atoms with van der Waals surface area (Å²) < 4.78 is 5.20. The van der Waals surface area contributed by atoms with Crippen molar-refractivity contribution in [2.75, 3.05) is 26.7 Å². The molecule has 0 unspecified atom stereocenters. The molecule has 29 heavy (non-hydrogen) atoms. The number of urea groups is 1. The Hall–Kier alpha value is -2.83. The van der Waals surface area contributed by atoms with E-state index in [0.717, 1.165) is 35.5 Å². The zero-order valence-electron chi connectivity index (χ0n) is 17.0. The van der Waals surface area contributed by atoms with Crippen molar-refractivity contribution in [2.45, 2.75) is 45.1 Å². The van der Waals surface area contributed by atoms with E-state index in [0.29, 0.717) is 19.6 Å². The minimum absolute atomic E-state index is 0.220. The molecule has 3 rings (SSSR count). The molecule has 1 saturated heterocycles. The molecule has 0 radical (unpaired) electrons. The van der Waals surface area contributed by atoms with Crippen molar-refractivity contribution in [3.63, 3.8) is 0 Å². The Morgan fingerprint density at radius 3 is 2.62 bits per heavy atom. The lowest BCUT2D eigenvalue weighted by Crippen LogP contribution is -2.53. The second kappa shape index (κ2) is 10.1. The zero-order chi connectivity index (χ0) is 20.6. The number of hydrogen-bond donors (Lipinski definition) is 1. The van der Waals surface area contributed by atoms with Gasteiger partial charge in [0.1, 0.15) is 12.3 Å². The highest BCUT2D eigenvalue weighted by molar-refractivity contribution is 6.00. The Balaban J connectivity index is 1.69. The van der Waals surface area contributed by atoms with Crippen LogP contribution in [0.25, 0.3) is 0 Å². The Morgan fingerprint density at radius 1 is 1.17 bits per heavy atom. The molecule has 0 atom stereocenters. The second-order valence-corrected chi connectivity index (χ2v) is 7.48. The van der Waals surface area contributed by atoms with Crippen molar-refractivity contribution in [3.8, 4) is 5.75 Å². The van der Waals surface area contributed by atoms with Gasteiger partial charge in [-0.25, -0.2) is 4.79 Å². The molecule has 7 nitrogen and oxygen atoms in total. The fourth-order valence-corrected chi connectivity index (χ4v) is 3.67. The van der Waals surface area contributed by atoms with Crippen LogP contribution in [-0.4, -0.2) is 54.4 Å². The highest BCUT2D eigenvalue weighted by atomic mass is 16.5. The number of nitrogens with zero attached hydrogens (tertiary/aromatic N) is 2. The third kappa shape index (κ3) is 5.82. The van der Waals surface area contributed by atoms with Gasteiger partial charge in [0.05, 0.1) is 7.11 Å². The van der Waals surface area contributed by atoms with Gasteiger partial charge in [-0.2, -0.15) is 0 Å². The maximum absolute atomic E-state index is 13.0. The first-order valence-corrected chi connectivity index (χ1v) is 10.2. The first kappa shape index (κ1) is 20.9. The van der Waals surface area contributed by atoms with E-state index >= 15 is 0 Å². The molecule has 0 bridgehead atoms.